The number of rotatable bonds is 5. The number of carbonyl (C=O) groups is 1. The van der Waals surface area contributed by atoms with E-state index >= 15 is 0 Å². The van der Waals surface area contributed by atoms with Crippen LogP contribution in [-0.4, -0.2) is 30.8 Å². The second-order valence-electron chi connectivity index (χ2n) is 9.45. The van der Waals surface area contributed by atoms with Gasteiger partial charge in [0.2, 0.25) is 0 Å². The van der Waals surface area contributed by atoms with Gasteiger partial charge in [0.15, 0.2) is 0 Å². The Morgan fingerprint density at radius 2 is 1.48 bits per heavy atom. The molecule has 0 atom stereocenters. The highest BCUT2D eigenvalue weighted by Gasteiger charge is 2.32. The minimum atomic E-state index is -4.63. The summed E-state index contributed by atoms with van der Waals surface area (Å²) < 4.78 is 104. The molecule has 1 aliphatic rings. The first-order valence-electron chi connectivity index (χ1n) is 12.0. The summed E-state index contributed by atoms with van der Waals surface area (Å²) in [7, 11) is -4.44. The first-order chi connectivity index (χ1) is 18.7. The number of nitrogens with one attached hydrogen (secondary N) is 2. The van der Waals surface area contributed by atoms with Gasteiger partial charge in [-0.3, -0.25) is 9.69 Å². The van der Waals surface area contributed by atoms with E-state index in [2.05, 4.69) is 9.88 Å². The molecule has 0 spiro atoms. The van der Waals surface area contributed by atoms with Crippen LogP contribution >= 0.6 is 0 Å². The largest absolute Gasteiger partial charge is 0.416 e. The van der Waals surface area contributed by atoms with E-state index in [1.807, 2.05) is 4.72 Å². The van der Waals surface area contributed by atoms with Crippen LogP contribution in [0.3, 0.4) is 0 Å². The van der Waals surface area contributed by atoms with Gasteiger partial charge in [-0.05, 0) is 65.7 Å². The number of hydrogen-bond acceptors (Lipinski definition) is 4. The Kier molecular flexibility index (Phi) is 6.91. The second kappa shape index (κ2) is 9.97. The second-order valence-corrected chi connectivity index (χ2v) is 11.1. The molecule has 0 unspecified atom stereocenters. The lowest BCUT2D eigenvalue weighted by molar-refractivity contribution is -0.138. The SMILES string of the molecule is O=C(NS(=O)(=O)c1ccc(C(F)(F)F)cc1)c1ccc2[nH]c3c(c2c1)CN(Cc1ccc(C(F)(F)F)cc1)CC3. The fraction of sp³-hybridized carbons (Fsp3) is 0.222. The molecule has 4 aromatic rings. The molecule has 13 heteroatoms. The van der Waals surface area contributed by atoms with Crippen LogP contribution in [0.15, 0.2) is 71.6 Å². The third kappa shape index (κ3) is 5.70. The standard InChI is InChI=1S/C27H21F6N3O3S/c28-26(29,30)18-4-1-16(2-5-18)14-36-12-11-24-22(15-36)21-13-17(3-10-23(21)34-24)25(37)35-40(38,39)20-8-6-19(7-9-20)27(31,32)33/h1-10,13,34H,11-12,14-15H2,(H,35,37). The molecule has 0 bridgehead atoms. The molecular formula is C27H21F6N3O3S. The summed E-state index contributed by atoms with van der Waals surface area (Å²) in [6.45, 7) is 1.51. The Hall–Kier alpha value is -3.84. The van der Waals surface area contributed by atoms with E-state index in [-0.39, 0.29) is 5.56 Å². The third-order valence-corrected chi connectivity index (χ3v) is 8.07. The van der Waals surface area contributed by atoms with E-state index in [1.165, 1.54) is 24.3 Å². The Bertz CT molecular complexity index is 1680. The maximum Gasteiger partial charge on any atom is 0.416 e. The Morgan fingerprint density at radius 3 is 2.08 bits per heavy atom. The van der Waals surface area contributed by atoms with Crippen molar-refractivity contribution in [3.8, 4) is 0 Å². The molecule has 0 aliphatic carbocycles. The van der Waals surface area contributed by atoms with E-state index < -0.39 is 44.3 Å². The molecule has 1 aromatic heterocycles. The molecule has 2 N–H and O–H groups in total. The minimum absolute atomic E-state index is 0.0321. The van der Waals surface area contributed by atoms with Gasteiger partial charge in [0, 0.05) is 48.2 Å². The smallest absolute Gasteiger partial charge is 0.358 e. The summed E-state index contributed by atoms with van der Waals surface area (Å²) in [6.07, 6.45) is -8.41. The zero-order valence-corrected chi connectivity index (χ0v) is 21.3. The van der Waals surface area contributed by atoms with Crippen molar-refractivity contribution in [3.63, 3.8) is 0 Å². The number of hydrogen-bond donors (Lipinski definition) is 2. The van der Waals surface area contributed by atoms with Crippen molar-refractivity contribution in [2.24, 2.45) is 0 Å². The van der Waals surface area contributed by atoms with Crippen molar-refractivity contribution < 1.29 is 39.6 Å². The topological polar surface area (TPSA) is 82.3 Å². The molecule has 0 saturated carbocycles. The lowest BCUT2D eigenvalue weighted by atomic mass is 10.0. The maximum atomic E-state index is 12.9. The average molecular weight is 582 g/mol. The number of amides is 1. The fourth-order valence-electron chi connectivity index (χ4n) is 4.67. The molecule has 1 aliphatic heterocycles. The molecule has 40 heavy (non-hydrogen) atoms. The summed E-state index contributed by atoms with van der Waals surface area (Å²) in [6, 6.07) is 12.3. The van der Waals surface area contributed by atoms with Crippen LogP contribution in [0.1, 0.15) is 38.3 Å². The first kappa shape index (κ1) is 27.7. The molecule has 5 rings (SSSR count). The van der Waals surface area contributed by atoms with Crippen LogP contribution in [-0.2, 0) is 41.9 Å². The van der Waals surface area contributed by atoms with E-state index in [0.717, 1.165) is 41.0 Å². The zero-order chi connectivity index (χ0) is 28.9. The monoisotopic (exact) mass is 581 g/mol. The van der Waals surface area contributed by atoms with Crippen LogP contribution in [0.25, 0.3) is 10.9 Å². The van der Waals surface area contributed by atoms with Gasteiger partial charge in [-0.15, -0.1) is 0 Å². The van der Waals surface area contributed by atoms with Crippen molar-refractivity contribution in [3.05, 3.63) is 100 Å². The Balaban J connectivity index is 1.33. The molecular weight excluding hydrogens is 560 g/mol. The normalized spacial score (nSPS) is 14.8. The summed E-state index contributed by atoms with van der Waals surface area (Å²) in [5.41, 5.74) is 1.55. The predicted molar refractivity (Wildman–Crippen MR) is 134 cm³/mol. The average Bonchev–Trinajstić information content (AvgIpc) is 3.25. The van der Waals surface area contributed by atoms with Gasteiger partial charge in [0.05, 0.1) is 16.0 Å². The van der Waals surface area contributed by atoms with Crippen molar-refractivity contribution in [2.45, 2.75) is 36.8 Å². The van der Waals surface area contributed by atoms with Crippen LogP contribution in [0.2, 0.25) is 0 Å². The summed E-state index contributed by atoms with van der Waals surface area (Å²) in [4.78, 5) is 17.7. The number of nitrogens with zero attached hydrogens (tertiary/aromatic N) is 1. The van der Waals surface area contributed by atoms with Crippen molar-refractivity contribution >= 4 is 26.8 Å². The number of fused-ring (bicyclic) bond motifs is 3. The number of aromatic amines is 1. The van der Waals surface area contributed by atoms with Crippen LogP contribution in [0.5, 0.6) is 0 Å². The Labute approximate surface area is 224 Å². The highest BCUT2D eigenvalue weighted by atomic mass is 32.2. The quantitative estimate of drug-likeness (QED) is 0.289. The number of carbonyl (C=O) groups excluding carboxylic acids is 1. The molecule has 0 saturated heterocycles. The van der Waals surface area contributed by atoms with E-state index in [1.54, 1.807) is 6.07 Å². The van der Waals surface area contributed by atoms with Gasteiger partial charge in [-0.25, -0.2) is 13.1 Å². The van der Waals surface area contributed by atoms with Crippen molar-refractivity contribution in [2.75, 3.05) is 6.54 Å². The number of aromatic nitrogens is 1. The molecule has 2 heterocycles. The van der Waals surface area contributed by atoms with Crippen LogP contribution < -0.4 is 4.72 Å². The van der Waals surface area contributed by atoms with E-state index in [4.69, 9.17) is 0 Å². The molecule has 1 amide bonds. The molecule has 3 aromatic carbocycles. The van der Waals surface area contributed by atoms with Crippen molar-refractivity contribution in [1.82, 2.24) is 14.6 Å². The first-order valence-corrected chi connectivity index (χ1v) is 13.5. The predicted octanol–water partition coefficient (Wildman–Crippen LogP) is 5.88. The zero-order valence-electron chi connectivity index (χ0n) is 20.5. The highest BCUT2D eigenvalue weighted by molar-refractivity contribution is 7.90. The fourth-order valence-corrected chi connectivity index (χ4v) is 5.64. The van der Waals surface area contributed by atoms with E-state index in [0.29, 0.717) is 49.1 Å². The number of alkyl halides is 6. The van der Waals surface area contributed by atoms with Crippen molar-refractivity contribution in [1.29, 1.82) is 0 Å². The lowest BCUT2D eigenvalue weighted by Gasteiger charge is -2.27. The lowest BCUT2D eigenvalue weighted by Crippen LogP contribution is -2.30. The number of sulfonamides is 1. The van der Waals surface area contributed by atoms with Crippen LogP contribution in [0.4, 0.5) is 26.3 Å². The Morgan fingerprint density at radius 1 is 0.875 bits per heavy atom. The van der Waals surface area contributed by atoms with Gasteiger partial charge >= 0.3 is 12.4 Å². The van der Waals surface area contributed by atoms with Gasteiger partial charge < -0.3 is 4.98 Å². The highest BCUT2D eigenvalue weighted by Crippen LogP contribution is 2.32. The molecule has 0 fully saturated rings. The summed E-state index contributed by atoms with van der Waals surface area (Å²) >= 11 is 0. The third-order valence-electron chi connectivity index (χ3n) is 6.72. The summed E-state index contributed by atoms with van der Waals surface area (Å²) in [5, 5.41) is 0.687. The van der Waals surface area contributed by atoms with E-state index in [9.17, 15) is 39.6 Å². The van der Waals surface area contributed by atoms with Gasteiger partial charge in [0.1, 0.15) is 0 Å². The molecule has 6 nitrogen and oxygen atoms in total. The maximum absolute atomic E-state index is 12.9. The molecule has 0 radical (unpaired) electrons. The van der Waals surface area contributed by atoms with Gasteiger partial charge in [0.25, 0.3) is 15.9 Å². The van der Waals surface area contributed by atoms with Crippen LogP contribution in [0, 0.1) is 0 Å². The summed E-state index contributed by atoms with van der Waals surface area (Å²) in [5.74, 6) is -0.950. The number of halogens is 6. The number of benzene rings is 3. The number of H-pyrrole nitrogens is 1. The van der Waals surface area contributed by atoms with Gasteiger partial charge in [-0.1, -0.05) is 12.1 Å². The molecule has 210 valence electrons. The minimum Gasteiger partial charge on any atom is -0.358 e. The van der Waals surface area contributed by atoms with Gasteiger partial charge in [-0.2, -0.15) is 26.3 Å².